The molecule has 0 aliphatic rings. The Morgan fingerprint density at radius 2 is 2.06 bits per heavy atom. The highest BCUT2D eigenvalue weighted by Gasteiger charge is 2.07. The molecule has 2 heterocycles. The first-order valence-electron chi connectivity index (χ1n) is 10.3. The van der Waals surface area contributed by atoms with Gasteiger partial charge in [0.05, 0.1) is 11.4 Å². The first kappa shape index (κ1) is 22.5. The summed E-state index contributed by atoms with van der Waals surface area (Å²) in [6, 6.07) is 14.9. The Labute approximate surface area is 188 Å². The van der Waals surface area contributed by atoms with Gasteiger partial charge in [-0.25, -0.2) is 4.98 Å². The minimum absolute atomic E-state index is 0.0699. The lowest BCUT2D eigenvalue weighted by atomic mass is 10.1. The lowest BCUT2D eigenvalue weighted by Gasteiger charge is -2.10. The van der Waals surface area contributed by atoms with Gasteiger partial charge in [0.1, 0.15) is 5.75 Å². The number of carbonyl (C=O) groups excluding carboxylic acids is 1. The second kappa shape index (κ2) is 11.3. The zero-order valence-corrected chi connectivity index (χ0v) is 18.5. The molecule has 5 nitrogen and oxygen atoms in total. The summed E-state index contributed by atoms with van der Waals surface area (Å²) in [6.45, 7) is 4.05. The largest absolute Gasteiger partial charge is 0.437 e. The Kier molecular flexibility index (Phi) is 8.19. The maximum Gasteiger partial charge on any atom is 0.226 e. The summed E-state index contributed by atoms with van der Waals surface area (Å²) in [4.78, 5) is 20.6. The summed E-state index contributed by atoms with van der Waals surface area (Å²) in [5.41, 5.74) is 2.84. The molecule has 0 unspecified atom stereocenters. The number of aryl methyl sites for hydroxylation is 1. The normalized spacial score (nSPS) is 12.0. The number of halogens is 1. The van der Waals surface area contributed by atoms with E-state index in [2.05, 4.69) is 22.2 Å². The van der Waals surface area contributed by atoms with E-state index in [9.17, 15) is 4.79 Å². The van der Waals surface area contributed by atoms with Crippen molar-refractivity contribution in [3.05, 3.63) is 88.8 Å². The average molecular weight is 436 g/mol. The van der Waals surface area contributed by atoms with Crippen molar-refractivity contribution < 1.29 is 9.53 Å². The van der Waals surface area contributed by atoms with Gasteiger partial charge in [0.25, 0.3) is 0 Å². The van der Waals surface area contributed by atoms with Gasteiger partial charge in [-0.15, -0.1) is 0 Å². The standard InChI is InChI=1S/C25H26ClN3O2/c1-3-6-19-10-12-23(22(26)15-19)31-25-13-11-20(17-28-25)9-8-18(2)29-24(30)16-21-7-4-5-14-27-21/h4-5,7-15,17-18H,3,6,16H2,1-2H3,(H,29,30)/b9-8+/t18-/m0/s1. The third-order valence-corrected chi connectivity index (χ3v) is 4.84. The molecule has 0 radical (unpaired) electrons. The molecule has 0 fully saturated rings. The zero-order chi connectivity index (χ0) is 22.1. The number of rotatable bonds is 9. The Morgan fingerprint density at radius 3 is 2.74 bits per heavy atom. The first-order chi connectivity index (χ1) is 15.0. The van der Waals surface area contributed by atoms with Crippen LogP contribution in [-0.4, -0.2) is 21.9 Å². The topological polar surface area (TPSA) is 64.1 Å². The second-order valence-corrected chi connectivity index (χ2v) is 7.67. The number of aromatic nitrogens is 2. The number of carbonyl (C=O) groups is 1. The van der Waals surface area contributed by atoms with Crippen LogP contribution < -0.4 is 10.1 Å². The molecule has 0 saturated carbocycles. The van der Waals surface area contributed by atoms with Crippen molar-refractivity contribution in [3.63, 3.8) is 0 Å². The summed E-state index contributed by atoms with van der Waals surface area (Å²) in [6.07, 6.45) is 9.54. The van der Waals surface area contributed by atoms with E-state index in [0.717, 1.165) is 24.1 Å². The molecule has 2 aromatic heterocycles. The molecule has 3 aromatic rings. The fraction of sp³-hybridized carbons (Fsp3) is 0.240. The van der Waals surface area contributed by atoms with Gasteiger partial charge in [-0.05, 0) is 54.8 Å². The lowest BCUT2D eigenvalue weighted by molar-refractivity contribution is -0.120. The maximum atomic E-state index is 12.1. The van der Waals surface area contributed by atoms with Crippen LogP contribution >= 0.6 is 11.6 Å². The molecular weight excluding hydrogens is 410 g/mol. The molecule has 6 heteroatoms. The Morgan fingerprint density at radius 1 is 1.19 bits per heavy atom. The Balaban J connectivity index is 1.52. The van der Waals surface area contributed by atoms with Crippen molar-refractivity contribution in [1.29, 1.82) is 0 Å². The molecule has 0 spiro atoms. The van der Waals surface area contributed by atoms with Crippen molar-refractivity contribution >= 4 is 23.6 Å². The first-order valence-corrected chi connectivity index (χ1v) is 10.7. The molecule has 1 atom stereocenters. The molecular formula is C25H26ClN3O2. The van der Waals surface area contributed by atoms with E-state index in [1.165, 1.54) is 5.56 Å². The highest BCUT2D eigenvalue weighted by Crippen LogP contribution is 2.29. The van der Waals surface area contributed by atoms with Crippen LogP contribution in [0.25, 0.3) is 6.08 Å². The Hall–Kier alpha value is -3.18. The van der Waals surface area contributed by atoms with Gasteiger partial charge in [-0.2, -0.15) is 0 Å². The number of hydrogen-bond donors (Lipinski definition) is 1. The quantitative estimate of drug-likeness (QED) is 0.472. The van der Waals surface area contributed by atoms with Gasteiger partial charge in [0.15, 0.2) is 0 Å². The van der Waals surface area contributed by atoms with Crippen LogP contribution in [0.15, 0.2) is 67.0 Å². The smallest absolute Gasteiger partial charge is 0.226 e. The van der Waals surface area contributed by atoms with Crippen molar-refractivity contribution in [3.8, 4) is 11.6 Å². The number of benzene rings is 1. The molecule has 3 rings (SSSR count). The molecule has 160 valence electrons. The second-order valence-electron chi connectivity index (χ2n) is 7.26. The third-order valence-electron chi connectivity index (χ3n) is 4.54. The zero-order valence-electron chi connectivity index (χ0n) is 17.7. The minimum atomic E-state index is -0.118. The number of hydrogen-bond acceptors (Lipinski definition) is 4. The number of nitrogens with zero attached hydrogens (tertiary/aromatic N) is 2. The number of nitrogens with one attached hydrogen (secondary N) is 1. The molecule has 1 aromatic carbocycles. The molecule has 1 amide bonds. The van der Waals surface area contributed by atoms with Gasteiger partial charge in [-0.1, -0.05) is 49.2 Å². The summed E-state index contributed by atoms with van der Waals surface area (Å²) < 4.78 is 5.80. The Bertz CT molecular complexity index is 1020. The lowest BCUT2D eigenvalue weighted by Crippen LogP contribution is -2.32. The average Bonchev–Trinajstić information content (AvgIpc) is 2.76. The van der Waals surface area contributed by atoms with Crippen LogP contribution in [0, 0.1) is 0 Å². The van der Waals surface area contributed by atoms with Gasteiger partial charge >= 0.3 is 0 Å². The number of ether oxygens (including phenoxy) is 1. The van der Waals surface area contributed by atoms with Crippen molar-refractivity contribution in [2.75, 3.05) is 0 Å². The van der Waals surface area contributed by atoms with E-state index in [1.807, 2.05) is 61.5 Å². The number of amides is 1. The molecule has 0 bridgehead atoms. The van der Waals surface area contributed by atoms with Crippen LogP contribution in [-0.2, 0) is 17.6 Å². The monoisotopic (exact) mass is 435 g/mol. The van der Waals surface area contributed by atoms with Crippen molar-refractivity contribution in [2.45, 2.75) is 39.2 Å². The maximum absolute atomic E-state index is 12.1. The van der Waals surface area contributed by atoms with Crippen LogP contribution in [0.5, 0.6) is 11.6 Å². The van der Waals surface area contributed by atoms with E-state index in [-0.39, 0.29) is 18.4 Å². The molecule has 0 aliphatic heterocycles. The molecule has 0 aliphatic carbocycles. The SMILES string of the molecule is CCCc1ccc(Oc2ccc(/C=C/[C@H](C)NC(=O)Cc3ccccn3)cn2)c(Cl)c1. The highest BCUT2D eigenvalue weighted by atomic mass is 35.5. The third kappa shape index (κ3) is 7.23. The van der Waals surface area contributed by atoms with Gasteiger partial charge in [-0.3, -0.25) is 9.78 Å². The van der Waals surface area contributed by atoms with Crippen molar-refractivity contribution in [1.82, 2.24) is 15.3 Å². The minimum Gasteiger partial charge on any atom is -0.437 e. The fourth-order valence-electron chi connectivity index (χ4n) is 3.01. The van der Waals surface area contributed by atoms with Crippen LogP contribution in [0.2, 0.25) is 5.02 Å². The van der Waals surface area contributed by atoms with E-state index < -0.39 is 0 Å². The van der Waals surface area contributed by atoms with E-state index in [4.69, 9.17) is 16.3 Å². The van der Waals surface area contributed by atoms with Gasteiger partial charge < -0.3 is 10.1 Å². The van der Waals surface area contributed by atoms with Gasteiger partial charge in [0, 0.05) is 30.2 Å². The summed E-state index contributed by atoms with van der Waals surface area (Å²) >= 11 is 6.32. The predicted octanol–water partition coefficient (Wildman–Crippen LogP) is 5.64. The summed E-state index contributed by atoms with van der Waals surface area (Å²) in [7, 11) is 0. The summed E-state index contributed by atoms with van der Waals surface area (Å²) in [5, 5.41) is 3.51. The van der Waals surface area contributed by atoms with E-state index in [0.29, 0.717) is 16.7 Å². The molecule has 1 N–H and O–H groups in total. The molecule has 0 saturated heterocycles. The van der Waals surface area contributed by atoms with Crippen molar-refractivity contribution in [2.24, 2.45) is 0 Å². The van der Waals surface area contributed by atoms with E-state index in [1.54, 1.807) is 18.5 Å². The highest BCUT2D eigenvalue weighted by molar-refractivity contribution is 6.32. The number of pyridine rings is 2. The van der Waals surface area contributed by atoms with Crippen LogP contribution in [0.1, 0.15) is 37.1 Å². The van der Waals surface area contributed by atoms with Gasteiger partial charge in [0.2, 0.25) is 11.8 Å². The van der Waals surface area contributed by atoms with Crippen LogP contribution in [0.3, 0.4) is 0 Å². The predicted molar refractivity (Wildman–Crippen MR) is 124 cm³/mol. The summed E-state index contributed by atoms with van der Waals surface area (Å²) in [5.74, 6) is 0.986. The fourth-order valence-corrected chi connectivity index (χ4v) is 3.25. The van der Waals surface area contributed by atoms with E-state index >= 15 is 0 Å². The molecule has 31 heavy (non-hydrogen) atoms. The van der Waals surface area contributed by atoms with Crippen LogP contribution in [0.4, 0.5) is 0 Å².